The van der Waals surface area contributed by atoms with Crippen molar-refractivity contribution in [2.45, 2.75) is 5.41 Å². The molecule has 53 heavy (non-hydrogen) atoms. The quantitative estimate of drug-likeness (QED) is 0.144. The van der Waals surface area contributed by atoms with Gasteiger partial charge in [0.1, 0.15) is 23.0 Å². The number of nitrogens with zero attached hydrogens (tertiary/aromatic N) is 4. The molecule has 2 aliphatic carbocycles. The molecule has 4 heterocycles. The van der Waals surface area contributed by atoms with Crippen molar-refractivity contribution in [1.29, 1.82) is 0 Å². The number of aromatic nitrogens is 4. The summed E-state index contributed by atoms with van der Waals surface area (Å²) in [5.74, 6) is 0.452. The molecule has 252 valence electrons. The molecule has 0 radical (unpaired) electrons. The number of para-hydroxylation sites is 4. The van der Waals surface area contributed by atoms with E-state index in [0.717, 1.165) is 22.3 Å². The molecule has 4 N–H and O–H groups in total. The fraction of sp³-hybridized carbons (Fsp3) is 0.0222. The van der Waals surface area contributed by atoms with Gasteiger partial charge in [-0.2, -0.15) is 0 Å². The summed E-state index contributed by atoms with van der Waals surface area (Å²) in [5, 5.41) is 43.4. The standard InChI is InChI=1S/C45H28N4O4/c50-37-13-5-1-9-25(37)33-21-17-29-41(46-33)42-30(18-22-34(47-42)26-10-2-6-14-38(26)51)45(29)31-19-23-35(27-11-3-7-15-39(27)52)48-43(31)44-32(45)20-24-36(49-44)28-12-4-8-16-40(28)53/h1-24,50-53H. The number of fused-ring (bicyclic) bond motifs is 10. The molecule has 8 heteroatoms. The number of hydrogen-bond donors (Lipinski definition) is 4. The molecule has 0 aliphatic heterocycles. The van der Waals surface area contributed by atoms with E-state index in [4.69, 9.17) is 19.9 Å². The van der Waals surface area contributed by atoms with E-state index in [-0.39, 0.29) is 23.0 Å². The third-order valence-corrected chi connectivity index (χ3v) is 10.4. The first-order chi connectivity index (χ1) is 25.9. The third-order valence-electron chi connectivity index (χ3n) is 10.4. The zero-order valence-electron chi connectivity index (χ0n) is 27.9. The predicted molar refractivity (Wildman–Crippen MR) is 202 cm³/mol. The largest absolute Gasteiger partial charge is 0.507 e. The van der Waals surface area contributed by atoms with Crippen LogP contribution in [-0.2, 0) is 5.41 Å². The summed E-state index contributed by atoms with van der Waals surface area (Å²) in [6.07, 6.45) is 0. The highest BCUT2D eigenvalue weighted by Crippen LogP contribution is 2.62. The molecule has 0 saturated heterocycles. The maximum atomic E-state index is 10.8. The molecule has 0 fully saturated rings. The van der Waals surface area contributed by atoms with Crippen molar-refractivity contribution in [2.75, 3.05) is 0 Å². The number of hydrogen-bond acceptors (Lipinski definition) is 8. The highest BCUT2D eigenvalue weighted by atomic mass is 16.3. The first kappa shape index (κ1) is 30.5. The van der Waals surface area contributed by atoms with Crippen molar-refractivity contribution >= 4 is 0 Å². The number of aromatic hydroxyl groups is 4. The van der Waals surface area contributed by atoms with Gasteiger partial charge in [0, 0.05) is 22.3 Å². The van der Waals surface area contributed by atoms with Gasteiger partial charge in [0.05, 0.1) is 51.0 Å². The first-order valence-electron chi connectivity index (χ1n) is 17.1. The molecular formula is C45H28N4O4. The highest BCUT2D eigenvalue weighted by molar-refractivity contribution is 5.93. The van der Waals surface area contributed by atoms with Crippen LogP contribution in [0, 0.1) is 0 Å². The lowest BCUT2D eigenvalue weighted by Gasteiger charge is -2.29. The van der Waals surface area contributed by atoms with Crippen molar-refractivity contribution < 1.29 is 20.4 Å². The van der Waals surface area contributed by atoms with Crippen molar-refractivity contribution in [3.8, 4) is 90.8 Å². The molecule has 0 amide bonds. The van der Waals surface area contributed by atoms with Crippen LogP contribution < -0.4 is 0 Å². The zero-order chi connectivity index (χ0) is 35.8. The Morgan fingerprint density at radius 1 is 0.283 bits per heavy atom. The van der Waals surface area contributed by atoms with Gasteiger partial charge in [-0.25, -0.2) is 19.9 Å². The summed E-state index contributed by atoms with van der Waals surface area (Å²) in [5.41, 5.74) is 9.71. The molecule has 0 atom stereocenters. The van der Waals surface area contributed by atoms with Crippen LogP contribution in [0.4, 0.5) is 0 Å². The average molecular weight is 689 g/mol. The minimum Gasteiger partial charge on any atom is -0.507 e. The van der Waals surface area contributed by atoms with Gasteiger partial charge in [-0.15, -0.1) is 0 Å². The van der Waals surface area contributed by atoms with E-state index in [2.05, 4.69) is 0 Å². The number of phenolic OH excluding ortho intramolecular Hbond substituents is 4. The molecule has 0 saturated carbocycles. The Balaban J connectivity index is 1.29. The number of rotatable bonds is 4. The lowest BCUT2D eigenvalue weighted by atomic mass is 9.71. The van der Waals surface area contributed by atoms with Crippen molar-refractivity contribution in [3.05, 3.63) is 168 Å². The van der Waals surface area contributed by atoms with Gasteiger partial charge in [0.15, 0.2) is 0 Å². The highest BCUT2D eigenvalue weighted by Gasteiger charge is 2.54. The summed E-state index contributed by atoms with van der Waals surface area (Å²) >= 11 is 0. The van der Waals surface area contributed by atoms with Gasteiger partial charge in [0.2, 0.25) is 0 Å². The number of benzene rings is 4. The van der Waals surface area contributed by atoms with Crippen LogP contribution in [0.15, 0.2) is 146 Å². The van der Waals surface area contributed by atoms with Crippen LogP contribution in [0.2, 0.25) is 0 Å². The van der Waals surface area contributed by atoms with Gasteiger partial charge in [0.25, 0.3) is 0 Å². The first-order valence-corrected chi connectivity index (χ1v) is 17.1. The van der Waals surface area contributed by atoms with Crippen LogP contribution in [0.5, 0.6) is 23.0 Å². The Morgan fingerprint density at radius 2 is 0.509 bits per heavy atom. The molecule has 10 rings (SSSR count). The molecular weight excluding hydrogens is 661 g/mol. The van der Waals surface area contributed by atoms with Crippen LogP contribution in [0.3, 0.4) is 0 Å². The second kappa shape index (κ2) is 11.3. The Kier molecular flexibility index (Phi) is 6.53. The molecule has 1 spiro atoms. The van der Waals surface area contributed by atoms with Gasteiger partial charge >= 0.3 is 0 Å². The maximum Gasteiger partial charge on any atom is 0.124 e. The molecule has 4 aromatic carbocycles. The van der Waals surface area contributed by atoms with Crippen LogP contribution in [0.1, 0.15) is 22.3 Å². The van der Waals surface area contributed by atoms with E-state index in [1.54, 1.807) is 48.5 Å². The van der Waals surface area contributed by atoms with E-state index in [1.807, 2.05) is 97.1 Å². The van der Waals surface area contributed by atoms with E-state index < -0.39 is 5.41 Å². The van der Waals surface area contributed by atoms with Crippen LogP contribution in [0.25, 0.3) is 67.8 Å². The molecule has 8 nitrogen and oxygen atoms in total. The second-order valence-corrected chi connectivity index (χ2v) is 13.2. The minimum atomic E-state index is -0.946. The number of phenols is 4. The zero-order valence-corrected chi connectivity index (χ0v) is 27.9. The summed E-state index contributed by atoms with van der Waals surface area (Å²) in [7, 11) is 0. The lowest BCUT2D eigenvalue weighted by molar-refractivity contribution is 0.476. The van der Waals surface area contributed by atoms with Crippen molar-refractivity contribution in [2.24, 2.45) is 0 Å². The predicted octanol–water partition coefficient (Wildman–Crippen LogP) is 9.10. The van der Waals surface area contributed by atoms with Gasteiger partial charge in [-0.3, -0.25) is 0 Å². The molecule has 0 bridgehead atoms. The normalized spacial score (nSPS) is 13.0. The van der Waals surface area contributed by atoms with E-state index in [1.165, 1.54) is 0 Å². The summed E-state index contributed by atoms with van der Waals surface area (Å²) < 4.78 is 0. The summed E-state index contributed by atoms with van der Waals surface area (Å²) in [6.45, 7) is 0. The third kappa shape index (κ3) is 4.36. The minimum absolute atomic E-state index is 0.113. The Hall–Kier alpha value is -7.32. The van der Waals surface area contributed by atoms with Crippen LogP contribution in [-0.4, -0.2) is 40.4 Å². The van der Waals surface area contributed by atoms with E-state index >= 15 is 0 Å². The Bertz CT molecular complexity index is 2430. The summed E-state index contributed by atoms with van der Waals surface area (Å²) in [6, 6.07) is 44.2. The van der Waals surface area contributed by atoms with Gasteiger partial charge in [-0.1, -0.05) is 72.8 Å². The van der Waals surface area contributed by atoms with E-state index in [0.29, 0.717) is 67.8 Å². The molecule has 0 unspecified atom stereocenters. The fourth-order valence-electron chi connectivity index (χ4n) is 8.00. The van der Waals surface area contributed by atoms with E-state index in [9.17, 15) is 20.4 Å². The lowest BCUT2D eigenvalue weighted by Crippen LogP contribution is -2.26. The summed E-state index contributed by atoms with van der Waals surface area (Å²) in [4.78, 5) is 20.8. The smallest absolute Gasteiger partial charge is 0.124 e. The molecule has 4 aromatic heterocycles. The number of pyridine rings is 4. The van der Waals surface area contributed by atoms with Crippen molar-refractivity contribution in [3.63, 3.8) is 0 Å². The van der Waals surface area contributed by atoms with Crippen molar-refractivity contribution in [1.82, 2.24) is 19.9 Å². The Morgan fingerprint density at radius 3 is 0.736 bits per heavy atom. The monoisotopic (exact) mass is 688 g/mol. The second-order valence-electron chi connectivity index (χ2n) is 13.2. The average Bonchev–Trinajstić information content (AvgIpc) is 3.64. The topological polar surface area (TPSA) is 132 Å². The van der Waals surface area contributed by atoms with Crippen LogP contribution >= 0.6 is 0 Å². The maximum absolute atomic E-state index is 10.8. The SMILES string of the molecule is Oc1ccccc1-c1ccc2c(n1)-c1nc(-c3ccccc3O)ccc1C21c2ccc(-c3ccccc3O)nc2-c2nc(-c3ccccc3O)ccc21. The Labute approximate surface area is 303 Å². The van der Waals surface area contributed by atoms with Gasteiger partial charge in [-0.05, 0) is 95.1 Å². The van der Waals surface area contributed by atoms with Gasteiger partial charge < -0.3 is 20.4 Å². The fourth-order valence-corrected chi connectivity index (χ4v) is 8.00. The molecule has 2 aliphatic rings. The molecule has 8 aromatic rings.